The maximum atomic E-state index is 13.6. The first-order valence-corrected chi connectivity index (χ1v) is 15.7. The van der Waals surface area contributed by atoms with Gasteiger partial charge in [-0.3, -0.25) is 9.59 Å². The molecule has 6 rings (SSSR count). The molecule has 0 radical (unpaired) electrons. The maximum absolute atomic E-state index is 13.6. The number of nitrogens with one attached hydrogen (secondary N) is 1. The molecular weight excluding hydrogens is 584 g/mol. The highest BCUT2D eigenvalue weighted by atomic mass is 16.5. The molecule has 3 atom stereocenters. The monoisotopic (exact) mass is 624 g/mol. The van der Waals surface area contributed by atoms with E-state index in [2.05, 4.69) is 19.2 Å². The second-order valence-corrected chi connectivity index (χ2v) is 12.6. The topological polar surface area (TPSA) is 142 Å². The Hall–Kier alpha value is -4.57. The van der Waals surface area contributed by atoms with E-state index < -0.39 is 11.4 Å². The van der Waals surface area contributed by atoms with E-state index in [0.717, 1.165) is 51.4 Å². The van der Waals surface area contributed by atoms with Crippen molar-refractivity contribution in [1.82, 2.24) is 5.32 Å². The Morgan fingerprint density at radius 1 is 0.957 bits per heavy atom. The van der Waals surface area contributed by atoms with Crippen LogP contribution >= 0.6 is 0 Å². The molecule has 8 bridgehead atoms. The third kappa shape index (κ3) is 4.45. The Bertz CT molecular complexity index is 1850. The van der Waals surface area contributed by atoms with Crippen LogP contribution in [0.1, 0.15) is 60.8 Å². The molecular formula is C36H40N4O6. The van der Waals surface area contributed by atoms with Gasteiger partial charge < -0.3 is 25.0 Å². The maximum Gasteiger partial charge on any atom is 0.323 e. The molecule has 0 spiro atoms. The summed E-state index contributed by atoms with van der Waals surface area (Å²) in [6.45, 7) is 11.5. The van der Waals surface area contributed by atoms with Gasteiger partial charge in [-0.25, -0.2) is 15.0 Å². The van der Waals surface area contributed by atoms with E-state index in [4.69, 9.17) is 24.5 Å². The number of hydrogen-bond donors (Lipinski definition) is 3. The number of aliphatic hydroxyl groups is 2. The molecule has 0 aromatic rings. The van der Waals surface area contributed by atoms with Gasteiger partial charge in [0.25, 0.3) is 0 Å². The van der Waals surface area contributed by atoms with E-state index in [-0.39, 0.29) is 36.6 Å². The summed E-state index contributed by atoms with van der Waals surface area (Å²) in [5, 5.41) is 25.9. The van der Waals surface area contributed by atoms with Crippen LogP contribution in [0, 0.1) is 17.3 Å². The van der Waals surface area contributed by atoms with Gasteiger partial charge in [0.2, 0.25) is 0 Å². The van der Waals surface area contributed by atoms with Gasteiger partial charge in [0.05, 0.1) is 55.1 Å². The Labute approximate surface area is 268 Å². The molecule has 5 heterocycles. The van der Waals surface area contributed by atoms with Crippen molar-refractivity contribution in [3.05, 3.63) is 91.5 Å². The van der Waals surface area contributed by atoms with Gasteiger partial charge in [0.15, 0.2) is 5.41 Å². The second-order valence-electron chi connectivity index (χ2n) is 12.6. The minimum absolute atomic E-state index is 0.122. The number of carbonyl (C=O) groups excluding carboxylic acids is 2. The Balaban J connectivity index is 1.68. The zero-order valence-electron chi connectivity index (χ0n) is 27.6. The lowest BCUT2D eigenvalue weighted by Crippen LogP contribution is -2.35. The predicted octanol–water partition coefficient (Wildman–Crippen LogP) is 5.39. The fourth-order valence-corrected chi connectivity index (χ4v) is 7.42. The van der Waals surface area contributed by atoms with Crippen LogP contribution in [0.3, 0.4) is 0 Å². The van der Waals surface area contributed by atoms with Crippen molar-refractivity contribution in [1.29, 1.82) is 0 Å². The largest absolute Gasteiger partial charge is 0.510 e. The lowest BCUT2D eigenvalue weighted by molar-refractivity contribution is -0.148. The number of allylic oxidation sites excluding steroid dienone is 10. The number of aliphatic hydroxyl groups excluding tert-OH is 2. The van der Waals surface area contributed by atoms with Crippen LogP contribution in [0.2, 0.25) is 0 Å². The molecule has 46 heavy (non-hydrogen) atoms. The first-order valence-electron chi connectivity index (χ1n) is 15.7. The first kappa shape index (κ1) is 31.4. The summed E-state index contributed by atoms with van der Waals surface area (Å²) in [7, 11) is 2.67. The lowest BCUT2D eigenvalue weighted by Gasteiger charge is -2.27. The quantitative estimate of drug-likeness (QED) is 0.336. The average molecular weight is 625 g/mol. The van der Waals surface area contributed by atoms with E-state index in [1.165, 1.54) is 14.2 Å². The van der Waals surface area contributed by atoms with Gasteiger partial charge in [0, 0.05) is 46.4 Å². The van der Waals surface area contributed by atoms with Gasteiger partial charge in [0.1, 0.15) is 5.76 Å². The molecule has 10 heteroatoms. The van der Waals surface area contributed by atoms with Crippen molar-refractivity contribution in [3.8, 4) is 0 Å². The standard InChI is InChI=1S/C36H40N4O6/c1-9-20-16(2)24-13-28-22(15-41)18(4)23(38-28)12-25-17(3)21(10-11-29(42)45-7)32(39-25)31-33-30(34(43)36(31,6)35(44)46-8)19(5)26(40-33)14-27(20)37-24/h12-14,17,21,39,41,43H,9-11,15H2,1-8H3. The van der Waals surface area contributed by atoms with E-state index in [9.17, 15) is 19.8 Å². The lowest BCUT2D eigenvalue weighted by atomic mass is 9.78. The fraction of sp³-hybridized carbons (Fsp3) is 0.417. The third-order valence-electron chi connectivity index (χ3n) is 10.3. The summed E-state index contributed by atoms with van der Waals surface area (Å²) in [6.07, 6.45) is 7.15. The van der Waals surface area contributed by atoms with Gasteiger partial charge >= 0.3 is 11.9 Å². The van der Waals surface area contributed by atoms with Crippen LogP contribution in [0.5, 0.6) is 0 Å². The van der Waals surface area contributed by atoms with Crippen molar-refractivity contribution < 1.29 is 29.3 Å². The van der Waals surface area contributed by atoms with Crippen LogP contribution < -0.4 is 5.32 Å². The molecule has 0 aromatic heterocycles. The molecule has 6 aliphatic rings. The Morgan fingerprint density at radius 2 is 1.61 bits per heavy atom. The SMILES string of the molecule is CCC1=C(C)C2=NC1=CC1=C(C)C3=C(O)C(C)(C(=O)OC)C(=C4NC(=CC5=NC(=C2)C(CO)=C5C)C(C)C4CCC(=O)OC)C3=N1. The number of hydrogen-bond acceptors (Lipinski definition) is 10. The van der Waals surface area contributed by atoms with Crippen LogP contribution in [-0.2, 0) is 19.1 Å². The van der Waals surface area contributed by atoms with Crippen molar-refractivity contribution in [2.75, 3.05) is 20.8 Å². The number of methoxy groups -OCH3 is 2. The fourth-order valence-electron chi connectivity index (χ4n) is 7.42. The Morgan fingerprint density at radius 3 is 2.24 bits per heavy atom. The highest BCUT2D eigenvalue weighted by molar-refractivity contribution is 6.25. The number of aliphatic imine (C=N–C) groups is 3. The molecule has 0 saturated carbocycles. The van der Waals surface area contributed by atoms with Crippen LogP contribution in [0.25, 0.3) is 0 Å². The zero-order chi connectivity index (χ0) is 33.2. The number of esters is 2. The third-order valence-corrected chi connectivity index (χ3v) is 10.3. The van der Waals surface area contributed by atoms with Crippen molar-refractivity contribution in [3.63, 3.8) is 0 Å². The average Bonchev–Trinajstić information content (AvgIpc) is 3.76. The number of fused-ring (bicyclic) bond motifs is 5. The van der Waals surface area contributed by atoms with Crippen LogP contribution in [-0.4, -0.2) is 60.1 Å². The van der Waals surface area contributed by atoms with E-state index in [0.29, 0.717) is 46.1 Å². The summed E-state index contributed by atoms with van der Waals surface area (Å²) >= 11 is 0. The van der Waals surface area contributed by atoms with Gasteiger partial charge in [-0.1, -0.05) is 13.8 Å². The van der Waals surface area contributed by atoms with Gasteiger partial charge in [-0.05, 0) is 81.1 Å². The van der Waals surface area contributed by atoms with Gasteiger partial charge in [-0.2, -0.15) is 0 Å². The smallest absolute Gasteiger partial charge is 0.323 e. The Kier molecular flexibility index (Phi) is 7.75. The molecule has 1 aliphatic carbocycles. The highest BCUT2D eigenvalue weighted by Crippen LogP contribution is 2.54. The normalized spacial score (nSPS) is 26.7. The van der Waals surface area contributed by atoms with E-state index in [1.54, 1.807) is 6.92 Å². The molecule has 3 N–H and O–H groups in total. The summed E-state index contributed by atoms with van der Waals surface area (Å²) in [5.74, 6) is -1.46. The second kappa shape index (κ2) is 11.3. The molecule has 3 unspecified atom stereocenters. The summed E-state index contributed by atoms with van der Waals surface area (Å²) < 4.78 is 10.3. The van der Waals surface area contributed by atoms with Crippen molar-refractivity contribution in [2.45, 2.75) is 60.8 Å². The minimum Gasteiger partial charge on any atom is -0.510 e. The summed E-state index contributed by atoms with van der Waals surface area (Å²) in [6, 6.07) is 0. The summed E-state index contributed by atoms with van der Waals surface area (Å²) in [4.78, 5) is 41.0. The molecule has 5 aliphatic heterocycles. The number of carbonyl (C=O) groups is 2. The number of nitrogens with zero attached hydrogens (tertiary/aromatic N) is 3. The molecule has 1 fully saturated rings. The molecule has 1 saturated heterocycles. The minimum atomic E-state index is -1.54. The first-order chi connectivity index (χ1) is 21.9. The molecule has 0 aromatic carbocycles. The van der Waals surface area contributed by atoms with Gasteiger partial charge in [-0.15, -0.1) is 0 Å². The van der Waals surface area contributed by atoms with Crippen LogP contribution in [0.15, 0.2) is 106 Å². The van der Waals surface area contributed by atoms with Crippen LogP contribution in [0.4, 0.5) is 0 Å². The number of ether oxygens (including phenoxy) is 2. The summed E-state index contributed by atoms with van der Waals surface area (Å²) in [5.41, 5.74) is 9.42. The van der Waals surface area contributed by atoms with E-state index >= 15 is 0 Å². The predicted molar refractivity (Wildman–Crippen MR) is 176 cm³/mol. The molecule has 240 valence electrons. The number of rotatable bonds is 6. The molecule has 10 nitrogen and oxygen atoms in total. The zero-order valence-corrected chi connectivity index (χ0v) is 27.6. The van der Waals surface area contributed by atoms with E-state index in [1.807, 2.05) is 39.0 Å². The highest BCUT2D eigenvalue weighted by Gasteiger charge is 2.57. The molecule has 0 amide bonds. The van der Waals surface area contributed by atoms with Crippen molar-refractivity contribution >= 4 is 29.1 Å². The van der Waals surface area contributed by atoms with Crippen molar-refractivity contribution in [2.24, 2.45) is 32.2 Å².